The van der Waals surface area contributed by atoms with Gasteiger partial charge in [0, 0.05) is 30.8 Å². The van der Waals surface area contributed by atoms with Gasteiger partial charge in [0.15, 0.2) is 0 Å². The number of fused-ring (bicyclic) bond motifs is 1. The van der Waals surface area contributed by atoms with E-state index >= 15 is 0 Å². The number of carbonyl (C=O) groups excluding carboxylic acids is 1. The molecular weight excluding hydrogens is 374 g/mol. The topological polar surface area (TPSA) is 66.5 Å². The van der Waals surface area contributed by atoms with Crippen LogP contribution >= 0.6 is 0 Å². The van der Waals surface area contributed by atoms with E-state index in [9.17, 15) is 22.0 Å². The molecule has 5 nitrogen and oxygen atoms in total. The maximum absolute atomic E-state index is 13.3. The summed E-state index contributed by atoms with van der Waals surface area (Å²) < 4.78 is 53.9. The molecule has 27 heavy (non-hydrogen) atoms. The van der Waals surface area contributed by atoms with Crippen LogP contribution in [0.4, 0.5) is 14.5 Å². The third-order valence-corrected chi connectivity index (χ3v) is 6.22. The Morgan fingerprint density at radius 1 is 1.04 bits per heavy atom. The molecule has 0 unspecified atom stereocenters. The predicted octanol–water partition coefficient (Wildman–Crippen LogP) is 3.06. The number of amides is 1. The summed E-state index contributed by atoms with van der Waals surface area (Å²) in [7, 11) is -4.13. The average Bonchev–Trinajstić information content (AvgIpc) is 3.44. The smallest absolute Gasteiger partial charge is 0.262 e. The van der Waals surface area contributed by atoms with Crippen LogP contribution in [-0.4, -0.2) is 25.8 Å². The summed E-state index contributed by atoms with van der Waals surface area (Å²) in [5, 5.41) is 0. The molecule has 142 valence electrons. The number of nitrogens with one attached hydrogen (secondary N) is 1. The lowest BCUT2D eigenvalue weighted by molar-refractivity contribution is -0.133. The number of benzene rings is 2. The van der Waals surface area contributed by atoms with Crippen molar-refractivity contribution in [2.75, 3.05) is 11.3 Å². The van der Waals surface area contributed by atoms with Crippen LogP contribution in [0.2, 0.25) is 0 Å². The van der Waals surface area contributed by atoms with Gasteiger partial charge >= 0.3 is 0 Å². The normalized spacial score (nSPS) is 16.7. The zero-order valence-electron chi connectivity index (χ0n) is 14.4. The molecule has 0 saturated heterocycles. The summed E-state index contributed by atoms with van der Waals surface area (Å²) in [6.45, 7) is 1.10. The second-order valence-electron chi connectivity index (χ2n) is 6.98. The monoisotopic (exact) mass is 392 g/mol. The number of halogens is 2. The van der Waals surface area contributed by atoms with E-state index < -0.39 is 26.6 Å². The van der Waals surface area contributed by atoms with Crippen molar-refractivity contribution >= 4 is 21.6 Å². The van der Waals surface area contributed by atoms with Crippen molar-refractivity contribution in [2.24, 2.45) is 5.92 Å². The Hall–Kier alpha value is -2.48. The average molecular weight is 392 g/mol. The molecule has 0 spiro atoms. The summed E-state index contributed by atoms with van der Waals surface area (Å²) in [6.07, 6.45) is 2.59. The maximum Gasteiger partial charge on any atom is 0.262 e. The Bertz CT molecular complexity index is 999. The first-order chi connectivity index (χ1) is 12.8. The zero-order valence-corrected chi connectivity index (χ0v) is 15.2. The second-order valence-corrected chi connectivity index (χ2v) is 8.66. The molecule has 0 radical (unpaired) electrons. The lowest BCUT2D eigenvalue weighted by atomic mass is 9.99. The van der Waals surface area contributed by atoms with Gasteiger partial charge in [0.05, 0.1) is 4.90 Å². The van der Waals surface area contributed by atoms with Crippen LogP contribution in [-0.2, 0) is 27.8 Å². The third kappa shape index (κ3) is 3.80. The zero-order chi connectivity index (χ0) is 19.2. The number of sulfonamides is 1. The van der Waals surface area contributed by atoms with Crippen LogP contribution in [0.25, 0.3) is 0 Å². The molecule has 8 heteroatoms. The lowest BCUT2D eigenvalue weighted by Crippen LogP contribution is -2.36. The third-order valence-electron chi connectivity index (χ3n) is 4.86. The number of carbonyl (C=O) groups is 1. The fourth-order valence-corrected chi connectivity index (χ4v) is 4.39. The minimum Gasteiger partial charge on any atom is -0.338 e. The van der Waals surface area contributed by atoms with Crippen LogP contribution in [0.3, 0.4) is 0 Å². The van der Waals surface area contributed by atoms with E-state index in [1.54, 1.807) is 17.0 Å². The predicted molar refractivity (Wildman–Crippen MR) is 95.5 cm³/mol. The van der Waals surface area contributed by atoms with E-state index in [2.05, 4.69) is 4.72 Å². The molecule has 1 saturated carbocycles. The molecule has 2 aliphatic rings. The van der Waals surface area contributed by atoms with Gasteiger partial charge in [0.25, 0.3) is 10.0 Å². The highest BCUT2D eigenvalue weighted by Gasteiger charge is 2.34. The van der Waals surface area contributed by atoms with Gasteiger partial charge in [0.1, 0.15) is 11.6 Å². The number of rotatable bonds is 4. The minimum atomic E-state index is -4.13. The Morgan fingerprint density at radius 3 is 2.41 bits per heavy atom. The van der Waals surface area contributed by atoms with E-state index in [0.29, 0.717) is 24.8 Å². The summed E-state index contributed by atoms with van der Waals surface area (Å²) in [5.74, 6) is -1.64. The molecule has 1 fully saturated rings. The van der Waals surface area contributed by atoms with E-state index in [1.165, 1.54) is 0 Å². The molecule has 0 atom stereocenters. The molecule has 0 bridgehead atoms. The lowest BCUT2D eigenvalue weighted by Gasteiger charge is -2.29. The number of anilines is 1. The summed E-state index contributed by atoms with van der Waals surface area (Å²) in [4.78, 5) is 13.6. The van der Waals surface area contributed by atoms with Gasteiger partial charge in [-0.3, -0.25) is 9.52 Å². The molecule has 1 heterocycles. The quantitative estimate of drug-likeness (QED) is 0.870. The van der Waals surface area contributed by atoms with Crippen molar-refractivity contribution in [3.8, 4) is 0 Å². The number of hydrogen-bond acceptors (Lipinski definition) is 3. The molecule has 1 amide bonds. The van der Waals surface area contributed by atoms with Gasteiger partial charge < -0.3 is 4.90 Å². The van der Waals surface area contributed by atoms with Gasteiger partial charge in [-0.15, -0.1) is 0 Å². The Labute approximate surface area is 156 Å². The SMILES string of the molecule is O=C(C1CC1)N1CCc2ccc(NS(=O)(=O)c3cc(F)cc(F)c3)cc2C1. The highest BCUT2D eigenvalue weighted by Crippen LogP contribution is 2.33. The fourth-order valence-electron chi connectivity index (χ4n) is 3.29. The van der Waals surface area contributed by atoms with Gasteiger partial charge in [-0.2, -0.15) is 0 Å². The molecule has 1 N–H and O–H groups in total. The Balaban J connectivity index is 1.56. The van der Waals surface area contributed by atoms with Crippen molar-refractivity contribution in [2.45, 2.75) is 30.7 Å². The highest BCUT2D eigenvalue weighted by molar-refractivity contribution is 7.92. The summed E-state index contributed by atoms with van der Waals surface area (Å²) >= 11 is 0. The molecule has 2 aromatic carbocycles. The molecular formula is C19H18F2N2O3S. The van der Waals surface area contributed by atoms with Crippen molar-refractivity contribution in [1.29, 1.82) is 0 Å². The Morgan fingerprint density at radius 2 is 1.74 bits per heavy atom. The van der Waals surface area contributed by atoms with Gasteiger partial charge in [-0.25, -0.2) is 17.2 Å². The maximum atomic E-state index is 13.3. The Kier molecular flexibility index (Phi) is 4.38. The largest absolute Gasteiger partial charge is 0.338 e. The number of hydrogen-bond donors (Lipinski definition) is 1. The molecule has 0 aromatic heterocycles. The standard InChI is InChI=1S/C19H18F2N2O3S/c20-15-8-16(21)10-18(9-15)27(25,26)22-17-4-3-12-5-6-23(11-14(12)7-17)19(24)13-1-2-13/h3-4,7-10,13,22H,1-2,5-6,11H2. The molecule has 1 aliphatic carbocycles. The molecule has 2 aromatic rings. The van der Waals surface area contributed by atoms with Gasteiger partial charge in [-0.1, -0.05) is 6.07 Å². The van der Waals surface area contributed by atoms with Gasteiger partial charge in [0.2, 0.25) is 5.91 Å². The number of nitrogens with zero attached hydrogens (tertiary/aromatic N) is 1. The van der Waals surface area contributed by atoms with E-state index in [4.69, 9.17) is 0 Å². The van der Waals surface area contributed by atoms with E-state index in [-0.39, 0.29) is 11.8 Å². The van der Waals surface area contributed by atoms with E-state index in [1.807, 2.05) is 6.07 Å². The van der Waals surface area contributed by atoms with E-state index in [0.717, 1.165) is 42.5 Å². The first-order valence-electron chi connectivity index (χ1n) is 8.71. The van der Waals surface area contributed by atoms with Crippen molar-refractivity contribution in [3.05, 3.63) is 59.2 Å². The van der Waals surface area contributed by atoms with Crippen LogP contribution in [0.15, 0.2) is 41.3 Å². The van der Waals surface area contributed by atoms with Crippen molar-refractivity contribution in [3.63, 3.8) is 0 Å². The van der Waals surface area contributed by atoms with Crippen LogP contribution in [0.1, 0.15) is 24.0 Å². The van der Waals surface area contributed by atoms with Crippen LogP contribution < -0.4 is 4.72 Å². The summed E-state index contributed by atoms with van der Waals surface area (Å²) in [6, 6.07) is 7.25. The first-order valence-corrected chi connectivity index (χ1v) is 10.2. The van der Waals surface area contributed by atoms with Gasteiger partial charge in [-0.05, 0) is 54.7 Å². The fraction of sp³-hybridized carbons (Fsp3) is 0.316. The molecule has 1 aliphatic heterocycles. The summed E-state index contributed by atoms with van der Waals surface area (Å²) in [5.41, 5.74) is 2.23. The highest BCUT2D eigenvalue weighted by atomic mass is 32.2. The van der Waals surface area contributed by atoms with Crippen LogP contribution in [0.5, 0.6) is 0 Å². The van der Waals surface area contributed by atoms with Crippen LogP contribution in [0, 0.1) is 17.6 Å². The molecule has 4 rings (SSSR count). The minimum absolute atomic E-state index is 0.135. The second kappa shape index (κ2) is 6.60. The first kappa shape index (κ1) is 17.9. The van der Waals surface area contributed by atoms with Crippen molar-refractivity contribution < 1.29 is 22.0 Å². The van der Waals surface area contributed by atoms with Crippen molar-refractivity contribution in [1.82, 2.24) is 4.90 Å².